The van der Waals surface area contributed by atoms with Gasteiger partial charge in [-0.3, -0.25) is 0 Å². The van der Waals surface area contributed by atoms with Crippen molar-refractivity contribution in [2.45, 2.75) is 26.1 Å². The van der Waals surface area contributed by atoms with Crippen LogP contribution in [0.2, 0.25) is 0 Å². The van der Waals surface area contributed by atoms with Crippen LogP contribution in [-0.4, -0.2) is 39.5 Å². The Kier molecular flexibility index (Phi) is 10.4. The van der Waals surface area contributed by atoms with Crippen molar-refractivity contribution in [3.63, 3.8) is 0 Å². The topological polar surface area (TPSA) is 70.6 Å². The third kappa shape index (κ3) is 10.5. The summed E-state index contributed by atoms with van der Waals surface area (Å²) in [5.74, 6) is 0.573. The van der Waals surface area contributed by atoms with Crippen LogP contribution >= 0.6 is 24.0 Å². The van der Waals surface area contributed by atoms with Crippen molar-refractivity contribution >= 4 is 39.8 Å². The maximum atomic E-state index is 12.5. The number of hydrogen-bond acceptors (Lipinski definition) is 3. The largest absolute Gasteiger partial charge is 0.416 e. The molecule has 10 heteroatoms. The molecule has 0 radical (unpaired) electrons. The van der Waals surface area contributed by atoms with Crippen LogP contribution in [-0.2, 0) is 22.6 Å². The molecule has 5 nitrogen and oxygen atoms in total. The average Bonchev–Trinajstić information content (AvgIpc) is 2.47. The second kappa shape index (κ2) is 10.8. The molecule has 0 saturated heterocycles. The number of alkyl halides is 3. The van der Waals surface area contributed by atoms with Crippen molar-refractivity contribution in [2.75, 3.05) is 25.1 Å². The predicted octanol–water partition coefficient (Wildman–Crippen LogP) is 2.81. The fourth-order valence-corrected chi connectivity index (χ4v) is 2.52. The van der Waals surface area contributed by atoms with E-state index >= 15 is 0 Å². The molecule has 0 saturated carbocycles. The third-order valence-electron chi connectivity index (χ3n) is 3.03. The number of halogens is 4. The number of guanidine groups is 1. The van der Waals surface area contributed by atoms with Crippen molar-refractivity contribution in [1.82, 2.24) is 10.6 Å². The third-order valence-corrected chi connectivity index (χ3v) is 4.06. The highest BCUT2D eigenvalue weighted by molar-refractivity contribution is 14.0. The van der Waals surface area contributed by atoms with Gasteiger partial charge < -0.3 is 10.6 Å². The molecule has 144 valence electrons. The molecule has 0 heterocycles. The highest BCUT2D eigenvalue weighted by atomic mass is 127. The summed E-state index contributed by atoms with van der Waals surface area (Å²) in [6.45, 7) is 3.15. The van der Waals surface area contributed by atoms with Gasteiger partial charge in [0.15, 0.2) is 5.96 Å². The van der Waals surface area contributed by atoms with Crippen LogP contribution in [0, 0.1) is 0 Å². The summed E-state index contributed by atoms with van der Waals surface area (Å²) in [6, 6.07) is 4.83. The van der Waals surface area contributed by atoms with Crippen LogP contribution in [0.25, 0.3) is 0 Å². The minimum Gasteiger partial charge on any atom is -0.357 e. The predicted molar refractivity (Wildman–Crippen MR) is 104 cm³/mol. The average molecular weight is 493 g/mol. The summed E-state index contributed by atoms with van der Waals surface area (Å²) < 4.78 is 59.6. The fourth-order valence-electron chi connectivity index (χ4n) is 1.85. The van der Waals surface area contributed by atoms with Gasteiger partial charge >= 0.3 is 6.18 Å². The lowest BCUT2D eigenvalue weighted by Gasteiger charge is -2.11. The Morgan fingerprint density at radius 2 is 1.76 bits per heavy atom. The highest BCUT2D eigenvalue weighted by Gasteiger charge is 2.29. The molecule has 1 rings (SSSR count). The molecule has 0 unspecified atom stereocenters. The number of nitrogens with one attached hydrogen (secondary N) is 2. The number of aliphatic imine (C=N–C) groups is 1. The smallest absolute Gasteiger partial charge is 0.357 e. The van der Waals surface area contributed by atoms with Crippen LogP contribution in [0.4, 0.5) is 13.2 Å². The van der Waals surface area contributed by atoms with Crippen molar-refractivity contribution < 1.29 is 21.6 Å². The Hall–Kier alpha value is -1.04. The van der Waals surface area contributed by atoms with E-state index in [4.69, 9.17) is 0 Å². The van der Waals surface area contributed by atoms with Gasteiger partial charge in [-0.2, -0.15) is 13.2 Å². The first-order chi connectivity index (χ1) is 11.1. The molecule has 0 aliphatic carbocycles. The van der Waals surface area contributed by atoms with Crippen LogP contribution < -0.4 is 10.6 Å². The van der Waals surface area contributed by atoms with Crippen molar-refractivity contribution in [2.24, 2.45) is 4.99 Å². The summed E-state index contributed by atoms with van der Waals surface area (Å²) in [4.78, 5) is 4.27. The fraction of sp³-hybridized carbons (Fsp3) is 0.533. The Labute approximate surface area is 163 Å². The van der Waals surface area contributed by atoms with E-state index in [1.807, 2.05) is 6.92 Å². The SMILES string of the molecule is CCNC(=NCc1ccc(C(F)(F)F)cc1)NCCCS(C)(=O)=O.I. The molecular weight excluding hydrogens is 470 g/mol. The second-order valence-corrected chi connectivity index (χ2v) is 7.56. The van der Waals surface area contributed by atoms with E-state index in [9.17, 15) is 21.6 Å². The lowest BCUT2D eigenvalue weighted by atomic mass is 10.1. The second-order valence-electron chi connectivity index (χ2n) is 5.30. The molecular formula is C15H23F3IN3O2S. The molecule has 0 atom stereocenters. The molecule has 25 heavy (non-hydrogen) atoms. The first-order valence-electron chi connectivity index (χ1n) is 7.48. The maximum Gasteiger partial charge on any atom is 0.416 e. The van der Waals surface area contributed by atoms with Crippen molar-refractivity contribution in [3.05, 3.63) is 35.4 Å². The molecule has 0 fully saturated rings. The Morgan fingerprint density at radius 3 is 2.24 bits per heavy atom. The molecule has 0 amide bonds. The lowest BCUT2D eigenvalue weighted by molar-refractivity contribution is -0.137. The Bertz CT molecular complexity index is 647. The van der Waals surface area contributed by atoms with E-state index < -0.39 is 21.6 Å². The molecule has 0 aliphatic rings. The number of sulfone groups is 1. The van der Waals surface area contributed by atoms with Crippen LogP contribution in [0.3, 0.4) is 0 Å². The number of benzene rings is 1. The quantitative estimate of drug-likeness (QED) is 0.265. The van der Waals surface area contributed by atoms with Crippen molar-refractivity contribution in [3.8, 4) is 0 Å². The maximum absolute atomic E-state index is 12.5. The van der Waals surface area contributed by atoms with Crippen molar-refractivity contribution in [1.29, 1.82) is 0 Å². The van der Waals surface area contributed by atoms with Gasteiger partial charge in [0, 0.05) is 19.3 Å². The lowest BCUT2D eigenvalue weighted by Crippen LogP contribution is -2.38. The minimum atomic E-state index is -4.35. The summed E-state index contributed by atoms with van der Waals surface area (Å²) in [7, 11) is -3.00. The summed E-state index contributed by atoms with van der Waals surface area (Å²) >= 11 is 0. The Balaban J connectivity index is 0.00000576. The number of nitrogens with zero attached hydrogens (tertiary/aromatic N) is 1. The van der Waals surface area contributed by atoms with Gasteiger partial charge in [0.1, 0.15) is 9.84 Å². The van der Waals surface area contributed by atoms with Gasteiger partial charge in [-0.25, -0.2) is 13.4 Å². The van der Waals surface area contributed by atoms with E-state index in [1.54, 1.807) is 0 Å². The van der Waals surface area contributed by atoms with Gasteiger partial charge in [-0.1, -0.05) is 12.1 Å². The molecule has 1 aromatic rings. The number of rotatable bonds is 7. The number of hydrogen-bond donors (Lipinski definition) is 2. The summed E-state index contributed by atoms with van der Waals surface area (Å²) in [5.41, 5.74) is -0.0441. The monoisotopic (exact) mass is 493 g/mol. The zero-order chi connectivity index (χ0) is 18.2. The van der Waals surface area contributed by atoms with E-state index in [-0.39, 0.29) is 36.3 Å². The van der Waals surface area contributed by atoms with E-state index in [0.717, 1.165) is 12.1 Å². The zero-order valence-corrected chi connectivity index (χ0v) is 17.2. The van der Waals surface area contributed by atoms with Gasteiger partial charge in [0.05, 0.1) is 17.9 Å². The van der Waals surface area contributed by atoms with Gasteiger partial charge in [0.25, 0.3) is 0 Å². The molecule has 0 spiro atoms. The summed E-state index contributed by atoms with van der Waals surface area (Å²) in [6.07, 6.45) is -2.72. The first kappa shape index (κ1) is 24.0. The van der Waals surface area contributed by atoms with Crippen LogP contribution in [0.1, 0.15) is 24.5 Å². The van der Waals surface area contributed by atoms with E-state index in [0.29, 0.717) is 31.0 Å². The van der Waals surface area contributed by atoms with Gasteiger partial charge in [0.2, 0.25) is 0 Å². The van der Waals surface area contributed by atoms with E-state index in [2.05, 4.69) is 15.6 Å². The normalized spacial score (nSPS) is 12.4. The minimum absolute atomic E-state index is 0. The molecule has 0 bridgehead atoms. The van der Waals surface area contributed by atoms with E-state index in [1.165, 1.54) is 18.4 Å². The van der Waals surface area contributed by atoms with Crippen LogP contribution in [0.15, 0.2) is 29.3 Å². The summed E-state index contributed by atoms with van der Waals surface area (Å²) in [5, 5.41) is 5.99. The van der Waals surface area contributed by atoms with Gasteiger partial charge in [-0.05, 0) is 31.0 Å². The standard InChI is InChI=1S/C15H22F3N3O2S.HI/c1-3-19-14(20-9-4-10-24(2,22)23)21-11-12-5-7-13(8-6-12)15(16,17)18;/h5-8H,3-4,9-11H2,1-2H3,(H2,19,20,21);1H. The first-order valence-corrected chi connectivity index (χ1v) is 9.54. The van der Waals surface area contributed by atoms with Gasteiger partial charge in [-0.15, -0.1) is 24.0 Å². The highest BCUT2D eigenvalue weighted by Crippen LogP contribution is 2.29. The zero-order valence-electron chi connectivity index (χ0n) is 14.1. The molecule has 0 aliphatic heterocycles. The van der Waals surface area contributed by atoms with Crippen LogP contribution in [0.5, 0.6) is 0 Å². The molecule has 2 N–H and O–H groups in total. The Morgan fingerprint density at radius 1 is 1.16 bits per heavy atom. The molecule has 1 aromatic carbocycles. The molecule has 0 aromatic heterocycles.